The van der Waals surface area contributed by atoms with Gasteiger partial charge in [-0.05, 0) is 44.9 Å². The molecule has 1 aliphatic heterocycles. The third-order valence-electron chi connectivity index (χ3n) is 8.62. The fraction of sp³-hybridized carbons (Fsp3) is 0.868. The van der Waals surface area contributed by atoms with E-state index in [2.05, 4.69) is 38.2 Å². The van der Waals surface area contributed by atoms with Crippen LogP contribution in [0.15, 0.2) is 24.3 Å². The lowest BCUT2D eigenvalue weighted by atomic mass is 9.99. The second kappa shape index (κ2) is 30.7. The zero-order valence-corrected chi connectivity index (χ0v) is 29.8. The van der Waals surface area contributed by atoms with Gasteiger partial charge in [0.2, 0.25) is 0 Å². The second-order valence-electron chi connectivity index (χ2n) is 13.0. The fourth-order valence-electron chi connectivity index (χ4n) is 5.58. The number of hydrogen-bond donors (Lipinski definition) is 4. The van der Waals surface area contributed by atoms with E-state index in [1.54, 1.807) is 0 Å². The maximum Gasteiger partial charge on any atom is 0.306 e. The molecule has 1 fully saturated rings. The van der Waals surface area contributed by atoms with Crippen LogP contribution in [0.1, 0.15) is 149 Å². The molecule has 0 saturated carbocycles. The summed E-state index contributed by atoms with van der Waals surface area (Å²) in [7, 11) is 0. The van der Waals surface area contributed by atoms with Gasteiger partial charge in [0.1, 0.15) is 30.5 Å². The Labute approximate surface area is 286 Å². The molecule has 6 unspecified atom stereocenters. The van der Waals surface area contributed by atoms with E-state index in [0.29, 0.717) is 13.0 Å². The van der Waals surface area contributed by atoms with E-state index in [1.165, 1.54) is 89.9 Å². The third kappa shape index (κ3) is 22.8. The van der Waals surface area contributed by atoms with Crippen molar-refractivity contribution >= 4 is 5.97 Å². The van der Waals surface area contributed by atoms with Gasteiger partial charge >= 0.3 is 5.97 Å². The number of aliphatic hydroxyl groups is 4. The van der Waals surface area contributed by atoms with Crippen LogP contribution in [-0.2, 0) is 23.7 Å². The Morgan fingerprint density at radius 3 is 1.87 bits per heavy atom. The summed E-state index contributed by atoms with van der Waals surface area (Å²) >= 11 is 0. The molecule has 9 heteroatoms. The highest BCUT2D eigenvalue weighted by atomic mass is 16.7. The van der Waals surface area contributed by atoms with E-state index in [1.807, 2.05) is 0 Å². The highest BCUT2D eigenvalue weighted by molar-refractivity contribution is 5.69. The Morgan fingerprint density at radius 2 is 1.23 bits per heavy atom. The van der Waals surface area contributed by atoms with Crippen LogP contribution in [0.3, 0.4) is 0 Å². The van der Waals surface area contributed by atoms with Gasteiger partial charge in [-0.2, -0.15) is 0 Å². The second-order valence-corrected chi connectivity index (χ2v) is 13.0. The zero-order chi connectivity index (χ0) is 34.4. The Morgan fingerprint density at radius 1 is 0.681 bits per heavy atom. The molecule has 0 aromatic rings. The number of ether oxygens (including phenoxy) is 4. The molecular formula is C38H70O9. The lowest BCUT2D eigenvalue weighted by Crippen LogP contribution is -2.59. The molecule has 0 aromatic carbocycles. The number of unbranched alkanes of at least 4 members (excludes halogenated alkanes) is 16. The van der Waals surface area contributed by atoms with E-state index < -0.39 is 43.4 Å². The van der Waals surface area contributed by atoms with Gasteiger partial charge in [0.05, 0.1) is 19.8 Å². The van der Waals surface area contributed by atoms with Gasteiger partial charge in [0, 0.05) is 13.0 Å². The highest BCUT2D eigenvalue weighted by Crippen LogP contribution is 2.22. The van der Waals surface area contributed by atoms with Gasteiger partial charge in [-0.25, -0.2) is 0 Å². The fourth-order valence-corrected chi connectivity index (χ4v) is 5.58. The summed E-state index contributed by atoms with van der Waals surface area (Å²) in [5.41, 5.74) is 0. The quantitative estimate of drug-likeness (QED) is 0.0347. The molecule has 0 bridgehead atoms. The molecule has 0 aliphatic carbocycles. The molecule has 0 aromatic heterocycles. The van der Waals surface area contributed by atoms with Crippen molar-refractivity contribution in [1.29, 1.82) is 0 Å². The average Bonchev–Trinajstić information content (AvgIpc) is 3.07. The number of hydrogen-bond acceptors (Lipinski definition) is 9. The molecule has 9 nitrogen and oxygen atoms in total. The summed E-state index contributed by atoms with van der Waals surface area (Å²) in [5, 5.41) is 39.8. The molecule has 0 radical (unpaired) electrons. The van der Waals surface area contributed by atoms with Crippen molar-refractivity contribution < 1.29 is 44.2 Å². The van der Waals surface area contributed by atoms with Gasteiger partial charge in [0.25, 0.3) is 0 Å². The predicted molar refractivity (Wildman–Crippen MR) is 187 cm³/mol. The van der Waals surface area contributed by atoms with Crippen LogP contribution >= 0.6 is 0 Å². The SMILES string of the molecule is CCCCC/C=C\C/C=C\CCCCCCCCCCOCC(COC1OC(CO)C(O)C(O)C1O)OC(=O)CCCCCCCC. The van der Waals surface area contributed by atoms with E-state index in [9.17, 15) is 25.2 Å². The molecule has 1 aliphatic rings. The standard InChI is InChI=1S/C38H70O9/c1-3-5-7-9-11-12-13-14-15-16-17-18-19-20-21-22-24-26-28-44-30-32(46-34(40)27-25-23-10-8-6-4-2)31-45-38-37(43)36(42)35(41)33(29-39)47-38/h11-12,14-15,32-33,35-39,41-43H,3-10,13,16-31H2,1-2H3/b12-11-,15-14-. The molecule has 6 atom stereocenters. The molecule has 276 valence electrons. The van der Waals surface area contributed by atoms with Gasteiger partial charge in [-0.15, -0.1) is 0 Å². The summed E-state index contributed by atoms with van der Waals surface area (Å²) in [4.78, 5) is 12.5. The van der Waals surface area contributed by atoms with Crippen molar-refractivity contribution in [2.75, 3.05) is 26.4 Å². The maximum absolute atomic E-state index is 12.5. The first kappa shape index (κ1) is 43.7. The highest BCUT2D eigenvalue weighted by Gasteiger charge is 2.44. The van der Waals surface area contributed by atoms with Crippen molar-refractivity contribution in [3.05, 3.63) is 24.3 Å². The smallest absolute Gasteiger partial charge is 0.306 e. The topological polar surface area (TPSA) is 135 Å². The number of esters is 1. The number of aliphatic hydroxyl groups excluding tert-OH is 4. The van der Waals surface area contributed by atoms with Crippen molar-refractivity contribution in [2.24, 2.45) is 0 Å². The molecule has 0 amide bonds. The number of rotatable bonds is 31. The van der Waals surface area contributed by atoms with Crippen molar-refractivity contribution in [3.8, 4) is 0 Å². The minimum atomic E-state index is -1.53. The van der Waals surface area contributed by atoms with Gasteiger partial charge < -0.3 is 39.4 Å². The molecule has 1 rings (SSSR count). The number of allylic oxidation sites excluding steroid dienone is 4. The van der Waals surface area contributed by atoms with E-state index in [4.69, 9.17) is 18.9 Å². The number of carbonyl (C=O) groups excluding carboxylic acids is 1. The molecule has 47 heavy (non-hydrogen) atoms. The van der Waals surface area contributed by atoms with Crippen LogP contribution in [0.2, 0.25) is 0 Å². The summed E-state index contributed by atoms with van der Waals surface area (Å²) in [6.07, 6.45) is 25.2. The Balaban J connectivity index is 2.24. The minimum Gasteiger partial charge on any atom is -0.457 e. The van der Waals surface area contributed by atoms with Gasteiger partial charge in [-0.1, -0.05) is 122 Å². The maximum atomic E-state index is 12.5. The van der Waals surface area contributed by atoms with Crippen LogP contribution in [0.4, 0.5) is 0 Å². The molecule has 1 saturated heterocycles. The van der Waals surface area contributed by atoms with Crippen molar-refractivity contribution in [3.63, 3.8) is 0 Å². The lowest BCUT2D eigenvalue weighted by molar-refractivity contribution is -0.305. The van der Waals surface area contributed by atoms with Crippen LogP contribution in [-0.4, -0.2) is 89.6 Å². The third-order valence-corrected chi connectivity index (χ3v) is 8.62. The molecular weight excluding hydrogens is 600 g/mol. The van der Waals surface area contributed by atoms with Crippen molar-refractivity contribution in [2.45, 2.75) is 185 Å². The average molecular weight is 671 g/mol. The van der Waals surface area contributed by atoms with Crippen molar-refractivity contribution in [1.82, 2.24) is 0 Å². The summed E-state index contributed by atoms with van der Waals surface area (Å²) < 4.78 is 22.6. The largest absolute Gasteiger partial charge is 0.457 e. The first-order valence-corrected chi connectivity index (χ1v) is 18.9. The molecule has 1 heterocycles. The van der Waals surface area contributed by atoms with E-state index >= 15 is 0 Å². The molecule has 0 spiro atoms. The molecule has 4 N–H and O–H groups in total. The number of carbonyl (C=O) groups is 1. The summed E-state index contributed by atoms with van der Waals surface area (Å²) in [5.74, 6) is -0.326. The first-order valence-electron chi connectivity index (χ1n) is 18.9. The normalized spacial score (nSPS) is 22.4. The summed E-state index contributed by atoms with van der Waals surface area (Å²) in [6, 6.07) is 0. The lowest BCUT2D eigenvalue weighted by Gasteiger charge is -2.39. The Kier molecular flexibility index (Phi) is 28.5. The minimum absolute atomic E-state index is 0.114. The van der Waals surface area contributed by atoms with E-state index in [0.717, 1.165) is 38.5 Å². The van der Waals surface area contributed by atoms with Crippen LogP contribution in [0.25, 0.3) is 0 Å². The van der Waals surface area contributed by atoms with E-state index in [-0.39, 0.29) is 19.2 Å². The van der Waals surface area contributed by atoms with Gasteiger partial charge in [0.15, 0.2) is 6.29 Å². The van der Waals surface area contributed by atoms with Gasteiger partial charge in [-0.3, -0.25) is 4.79 Å². The van der Waals surface area contributed by atoms with Crippen LogP contribution in [0.5, 0.6) is 0 Å². The van der Waals surface area contributed by atoms with Crippen LogP contribution < -0.4 is 0 Å². The Bertz CT molecular complexity index is 772. The van der Waals surface area contributed by atoms with Crippen LogP contribution in [0, 0.1) is 0 Å². The summed E-state index contributed by atoms with van der Waals surface area (Å²) in [6.45, 7) is 4.44. The first-order chi connectivity index (χ1) is 22.9. The monoisotopic (exact) mass is 671 g/mol. The zero-order valence-electron chi connectivity index (χ0n) is 29.8. The predicted octanol–water partition coefficient (Wildman–Crippen LogP) is 7.08. The Hall–Kier alpha value is -1.33.